The van der Waals surface area contributed by atoms with Crippen LogP contribution in [0.25, 0.3) is 0 Å². The Balaban J connectivity index is 1.81. The lowest BCUT2D eigenvalue weighted by molar-refractivity contribution is 0.245. The third-order valence-corrected chi connectivity index (χ3v) is 5.30. The molecule has 1 saturated carbocycles. The van der Waals surface area contributed by atoms with E-state index < -0.39 is 0 Å². The van der Waals surface area contributed by atoms with Crippen molar-refractivity contribution in [3.05, 3.63) is 0 Å². The van der Waals surface area contributed by atoms with E-state index in [1.807, 2.05) is 7.05 Å². The molecule has 1 aliphatic carbocycles. The Hall–Kier alpha value is -0.770. The molecule has 1 N–H and O–H groups in total. The number of hydrogen-bond donors (Lipinski definition) is 1. The topological polar surface area (TPSA) is 30.9 Å². The smallest absolute Gasteiger partial charge is 0.193 e. The van der Waals surface area contributed by atoms with Crippen LogP contribution in [0.1, 0.15) is 46.5 Å². The summed E-state index contributed by atoms with van der Waals surface area (Å²) in [6.45, 7) is 10.3. The third kappa shape index (κ3) is 3.66. The van der Waals surface area contributed by atoms with Crippen LogP contribution >= 0.6 is 0 Å². The number of hydrogen-bond acceptors (Lipinski definition) is 2. The van der Waals surface area contributed by atoms with Crippen molar-refractivity contribution in [1.82, 2.24) is 15.1 Å². The minimum Gasteiger partial charge on any atom is -0.355 e. The van der Waals surface area contributed by atoms with Gasteiger partial charge < -0.3 is 10.2 Å². The van der Waals surface area contributed by atoms with Gasteiger partial charge in [0.05, 0.1) is 0 Å². The Bertz CT molecular complexity index is 350. The highest BCUT2D eigenvalue weighted by Crippen LogP contribution is 2.32. The van der Waals surface area contributed by atoms with Crippen LogP contribution < -0.4 is 5.32 Å². The molecule has 20 heavy (non-hydrogen) atoms. The van der Waals surface area contributed by atoms with Gasteiger partial charge in [-0.1, -0.05) is 13.8 Å². The first-order valence-corrected chi connectivity index (χ1v) is 8.16. The van der Waals surface area contributed by atoms with Crippen LogP contribution in [0.4, 0.5) is 0 Å². The summed E-state index contributed by atoms with van der Waals surface area (Å²) in [5.41, 5.74) is 0.466. The first-order chi connectivity index (χ1) is 9.49. The standard InChI is InChI=1S/C16H32N4/c1-6-16(3)9-10-20(12-16)15(17-4)18-11-13(2)19(5)14-7-8-14/h13-14H,6-12H2,1-5H3,(H,17,18). The molecule has 2 fully saturated rings. The number of likely N-dealkylation sites (tertiary alicyclic amines) is 1. The lowest BCUT2D eigenvalue weighted by atomic mass is 9.87. The quantitative estimate of drug-likeness (QED) is 0.618. The summed E-state index contributed by atoms with van der Waals surface area (Å²) in [5.74, 6) is 1.08. The molecule has 0 radical (unpaired) electrons. The molecule has 4 heteroatoms. The second-order valence-corrected chi connectivity index (χ2v) is 7.01. The fraction of sp³-hybridized carbons (Fsp3) is 0.938. The van der Waals surface area contributed by atoms with Crippen LogP contribution in [-0.4, -0.2) is 61.6 Å². The van der Waals surface area contributed by atoms with E-state index in [0.717, 1.165) is 31.6 Å². The van der Waals surface area contributed by atoms with Gasteiger partial charge in [-0.05, 0) is 45.1 Å². The SMILES string of the molecule is CCC1(C)CCN(C(=NC)NCC(C)N(C)C2CC2)C1. The van der Waals surface area contributed by atoms with E-state index in [2.05, 4.69) is 47.9 Å². The molecule has 0 aromatic heterocycles. The molecule has 0 amide bonds. The molecule has 2 unspecified atom stereocenters. The van der Waals surface area contributed by atoms with Crippen molar-refractivity contribution in [3.63, 3.8) is 0 Å². The normalized spacial score (nSPS) is 29.1. The summed E-state index contributed by atoms with van der Waals surface area (Å²) in [6.07, 6.45) is 5.27. The molecule has 0 spiro atoms. The highest BCUT2D eigenvalue weighted by Gasteiger charge is 2.34. The third-order valence-electron chi connectivity index (χ3n) is 5.30. The fourth-order valence-electron chi connectivity index (χ4n) is 3.05. The predicted octanol–water partition coefficient (Wildman–Crippen LogP) is 2.17. The average Bonchev–Trinajstić information content (AvgIpc) is 3.22. The Labute approximate surface area is 124 Å². The summed E-state index contributed by atoms with van der Waals surface area (Å²) in [4.78, 5) is 9.40. The van der Waals surface area contributed by atoms with E-state index >= 15 is 0 Å². The Morgan fingerprint density at radius 2 is 2.20 bits per heavy atom. The van der Waals surface area contributed by atoms with Gasteiger partial charge in [0.25, 0.3) is 0 Å². The molecule has 0 aromatic rings. The summed E-state index contributed by atoms with van der Waals surface area (Å²) in [5, 5.41) is 3.57. The minimum atomic E-state index is 0.466. The molecule has 1 aliphatic heterocycles. The first-order valence-electron chi connectivity index (χ1n) is 8.16. The number of likely N-dealkylation sites (N-methyl/N-ethyl adjacent to an activating group) is 1. The maximum Gasteiger partial charge on any atom is 0.193 e. The maximum absolute atomic E-state index is 4.47. The zero-order valence-corrected chi connectivity index (χ0v) is 13.9. The van der Waals surface area contributed by atoms with Gasteiger partial charge in [0.2, 0.25) is 0 Å². The van der Waals surface area contributed by atoms with Gasteiger partial charge in [-0.2, -0.15) is 0 Å². The Morgan fingerprint density at radius 1 is 1.50 bits per heavy atom. The van der Waals surface area contributed by atoms with Gasteiger partial charge in [0.15, 0.2) is 5.96 Å². The molecule has 2 rings (SSSR count). The van der Waals surface area contributed by atoms with Crippen molar-refractivity contribution in [2.45, 2.75) is 58.5 Å². The van der Waals surface area contributed by atoms with Gasteiger partial charge in [0, 0.05) is 38.8 Å². The fourth-order valence-corrected chi connectivity index (χ4v) is 3.05. The summed E-state index contributed by atoms with van der Waals surface area (Å²) in [6, 6.07) is 1.39. The molecule has 1 heterocycles. The number of nitrogens with one attached hydrogen (secondary N) is 1. The maximum atomic E-state index is 4.47. The van der Waals surface area contributed by atoms with Gasteiger partial charge >= 0.3 is 0 Å². The predicted molar refractivity (Wildman–Crippen MR) is 86.2 cm³/mol. The molecular weight excluding hydrogens is 248 g/mol. The Morgan fingerprint density at radius 3 is 2.70 bits per heavy atom. The van der Waals surface area contributed by atoms with Gasteiger partial charge in [-0.3, -0.25) is 9.89 Å². The summed E-state index contributed by atoms with van der Waals surface area (Å²) < 4.78 is 0. The second-order valence-electron chi connectivity index (χ2n) is 7.01. The molecule has 1 saturated heterocycles. The Kier molecular flexibility index (Phi) is 4.95. The van der Waals surface area contributed by atoms with Crippen LogP contribution in [0.15, 0.2) is 4.99 Å². The number of guanidine groups is 1. The molecule has 2 atom stereocenters. The van der Waals surface area contributed by atoms with Crippen molar-refractivity contribution >= 4 is 5.96 Å². The zero-order chi connectivity index (χ0) is 14.8. The summed E-state index contributed by atoms with van der Waals surface area (Å²) in [7, 11) is 4.15. The van der Waals surface area contributed by atoms with Crippen molar-refractivity contribution in [2.75, 3.05) is 33.7 Å². The van der Waals surface area contributed by atoms with Gasteiger partial charge in [0.1, 0.15) is 0 Å². The van der Waals surface area contributed by atoms with E-state index in [1.54, 1.807) is 0 Å². The van der Waals surface area contributed by atoms with Gasteiger partial charge in [-0.25, -0.2) is 0 Å². The van der Waals surface area contributed by atoms with E-state index in [-0.39, 0.29) is 0 Å². The molecule has 116 valence electrons. The molecular formula is C16H32N4. The van der Waals surface area contributed by atoms with E-state index in [9.17, 15) is 0 Å². The largest absolute Gasteiger partial charge is 0.355 e. The van der Waals surface area contributed by atoms with Crippen LogP contribution in [0.3, 0.4) is 0 Å². The lowest BCUT2D eigenvalue weighted by Crippen LogP contribution is -2.46. The van der Waals surface area contributed by atoms with Crippen LogP contribution in [0.2, 0.25) is 0 Å². The van der Waals surface area contributed by atoms with Crippen molar-refractivity contribution < 1.29 is 0 Å². The second kappa shape index (κ2) is 6.33. The molecule has 2 aliphatic rings. The number of aliphatic imine (C=N–C) groups is 1. The monoisotopic (exact) mass is 280 g/mol. The lowest BCUT2D eigenvalue weighted by Gasteiger charge is -2.29. The highest BCUT2D eigenvalue weighted by molar-refractivity contribution is 5.80. The van der Waals surface area contributed by atoms with Crippen molar-refractivity contribution in [1.29, 1.82) is 0 Å². The van der Waals surface area contributed by atoms with E-state index in [0.29, 0.717) is 11.5 Å². The van der Waals surface area contributed by atoms with Crippen LogP contribution in [-0.2, 0) is 0 Å². The number of rotatable bonds is 5. The van der Waals surface area contributed by atoms with Crippen LogP contribution in [0, 0.1) is 5.41 Å². The minimum absolute atomic E-state index is 0.466. The molecule has 0 aromatic carbocycles. The van der Waals surface area contributed by atoms with E-state index in [4.69, 9.17) is 0 Å². The zero-order valence-electron chi connectivity index (χ0n) is 13.9. The van der Waals surface area contributed by atoms with Crippen molar-refractivity contribution in [2.24, 2.45) is 10.4 Å². The van der Waals surface area contributed by atoms with Crippen molar-refractivity contribution in [3.8, 4) is 0 Å². The van der Waals surface area contributed by atoms with E-state index in [1.165, 1.54) is 25.7 Å². The first kappa shape index (κ1) is 15.6. The summed E-state index contributed by atoms with van der Waals surface area (Å²) >= 11 is 0. The average molecular weight is 280 g/mol. The number of nitrogens with zero attached hydrogens (tertiary/aromatic N) is 3. The molecule has 0 bridgehead atoms. The highest BCUT2D eigenvalue weighted by atomic mass is 15.3. The molecule has 4 nitrogen and oxygen atoms in total. The van der Waals surface area contributed by atoms with Gasteiger partial charge in [-0.15, -0.1) is 0 Å². The van der Waals surface area contributed by atoms with Crippen LogP contribution in [0.5, 0.6) is 0 Å².